The van der Waals surface area contributed by atoms with E-state index in [1.807, 2.05) is 53.7 Å². The van der Waals surface area contributed by atoms with Crippen molar-refractivity contribution in [3.05, 3.63) is 63.7 Å². The summed E-state index contributed by atoms with van der Waals surface area (Å²) >= 11 is 0. The van der Waals surface area contributed by atoms with Crippen LogP contribution in [0.25, 0.3) is 0 Å². The summed E-state index contributed by atoms with van der Waals surface area (Å²) < 4.78 is 11.5. The summed E-state index contributed by atoms with van der Waals surface area (Å²) in [4.78, 5) is 60.5. The third-order valence-corrected chi connectivity index (χ3v) is 6.75. The van der Waals surface area contributed by atoms with Gasteiger partial charge < -0.3 is 14.5 Å². The molecule has 0 aromatic carbocycles. The molecule has 13 nitrogen and oxygen atoms in total. The predicted molar refractivity (Wildman–Crippen MR) is 154 cm³/mol. The molecule has 0 bridgehead atoms. The lowest BCUT2D eigenvalue weighted by molar-refractivity contribution is -0.122. The van der Waals surface area contributed by atoms with Crippen molar-refractivity contribution < 1.29 is 23.5 Å². The smallest absolute Gasteiger partial charge is 0.411 e. The fourth-order valence-corrected chi connectivity index (χ4v) is 4.20. The monoisotopic (exact) mass is 581 g/mol. The number of Topliss-reactive ketones (excluding diaryl/α,β-unsaturated/α-hetero) is 1. The Bertz CT molecular complexity index is 1500. The summed E-state index contributed by atoms with van der Waals surface area (Å²) in [5.74, 6) is -1.26. The van der Waals surface area contributed by atoms with Gasteiger partial charge in [0.25, 0.3) is 11.4 Å². The molecule has 3 rings (SSSR count). The van der Waals surface area contributed by atoms with Gasteiger partial charge in [0.2, 0.25) is 17.6 Å². The highest BCUT2D eigenvalue weighted by Gasteiger charge is 2.35. The number of amides is 2. The topological polar surface area (TPSA) is 171 Å². The Balaban J connectivity index is 1.86. The molecule has 226 valence electrons. The number of anilines is 1. The first kappa shape index (κ1) is 32.1. The Labute approximate surface area is 244 Å². The van der Waals surface area contributed by atoms with E-state index in [0.29, 0.717) is 11.5 Å². The minimum atomic E-state index is -1.02. The van der Waals surface area contributed by atoms with Crippen LogP contribution in [0.15, 0.2) is 33.7 Å². The summed E-state index contributed by atoms with van der Waals surface area (Å²) in [7, 11) is 1.16. The quantitative estimate of drug-likeness (QED) is 0.338. The molecule has 0 saturated carbocycles. The number of aryl methyl sites for hydroxylation is 1. The van der Waals surface area contributed by atoms with Crippen molar-refractivity contribution in [2.45, 2.75) is 85.2 Å². The zero-order chi connectivity index (χ0) is 31.4. The van der Waals surface area contributed by atoms with Gasteiger partial charge in [-0.25, -0.2) is 9.78 Å². The molecule has 3 aromatic rings. The Kier molecular flexibility index (Phi) is 9.64. The summed E-state index contributed by atoms with van der Waals surface area (Å²) in [5.41, 5.74) is -0.393. The number of rotatable bonds is 10. The van der Waals surface area contributed by atoms with Crippen LogP contribution in [0.1, 0.15) is 89.0 Å². The van der Waals surface area contributed by atoms with Gasteiger partial charge in [-0.1, -0.05) is 47.6 Å². The van der Waals surface area contributed by atoms with Gasteiger partial charge in [-0.3, -0.25) is 29.3 Å². The van der Waals surface area contributed by atoms with Gasteiger partial charge in [-0.2, -0.15) is 0 Å². The van der Waals surface area contributed by atoms with E-state index >= 15 is 0 Å². The van der Waals surface area contributed by atoms with Crippen molar-refractivity contribution in [2.24, 2.45) is 5.92 Å². The SMILES string of the molecule is CCc1ccc(C(C)(C)c2nnc(C(=O)[C@@H](NC(=O)Cn3c(C(C)(C)C)ncc(NC(=O)OC)c3=O)C(C)C)o2)nc1. The van der Waals surface area contributed by atoms with E-state index in [1.165, 1.54) is 6.20 Å². The molecule has 0 aliphatic heterocycles. The molecule has 0 saturated heterocycles. The number of nitrogens with zero attached hydrogens (tertiary/aromatic N) is 5. The Morgan fingerprint density at radius 3 is 2.29 bits per heavy atom. The number of ether oxygens (including phenoxy) is 1. The zero-order valence-corrected chi connectivity index (χ0v) is 25.6. The molecule has 2 amide bonds. The van der Waals surface area contributed by atoms with E-state index in [-0.39, 0.29) is 23.4 Å². The lowest BCUT2D eigenvalue weighted by Crippen LogP contribution is -2.47. The molecule has 3 aromatic heterocycles. The molecule has 1 atom stereocenters. The molecule has 42 heavy (non-hydrogen) atoms. The lowest BCUT2D eigenvalue weighted by atomic mass is 9.88. The average molecular weight is 582 g/mol. The second-order valence-electron chi connectivity index (χ2n) is 11.8. The molecule has 0 aliphatic rings. The highest BCUT2D eigenvalue weighted by molar-refractivity contribution is 5.98. The third kappa shape index (κ3) is 7.07. The summed E-state index contributed by atoms with van der Waals surface area (Å²) in [6, 6.07) is 2.85. The summed E-state index contributed by atoms with van der Waals surface area (Å²) in [5, 5.41) is 13.1. The number of carbonyl (C=O) groups excluding carboxylic acids is 3. The number of hydrogen-bond acceptors (Lipinski definition) is 10. The van der Waals surface area contributed by atoms with E-state index in [2.05, 4.69) is 35.5 Å². The second-order valence-corrected chi connectivity index (χ2v) is 11.8. The van der Waals surface area contributed by atoms with Crippen molar-refractivity contribution in [1.82, 2.24) is 30.0 Å². The van der Waals surface area contributed by atoms with Gasteiger partial charge in [0, 0.05) is 11.6 Å². The molecule has 0 fully saturated rings. The van der Waals surface area contributed by atoms with Gasteiger partial charge in [-0.15, -0.1) is 10.2 Å². The fraction of sp³-hybridized carbons (Fsp3) is 0.517. The number of pyridine rings is 1. The molecular weight excluding hydrogens is 542 g/mol. The van der Waals surface area contributed by atoms with Crippen LogP contribution >= 0.6 is 0 Å². The van der Waals surface area contributed by atoms with E-state index in [1.54, 1.807) is 20.0 Å². The van der Waals surface area contributed by atoms with Crippen LogP contribution in [-0.2, 0) is 33.3 Å². The van der Waals surface area contributed by atoms with Crippen LogP contribution in [0.2, 0.25) is 0 Å². The van der Waals surface area contributed by atoms with Crippen LogP contribution in [0, 0.1) is 5.92 Å². The maximum Gasteiger partial charge on any atom is 0.411 e. The molecule has 13 heteroatoms. The van der Waals surface area contributed by atoms with Crippen molar-refractivity contribution in [3.8, 4) is 0 Å². The first-order valence-corrected chi connectivity index (χ1v) is 13.7. The number of carbonyl (C=O) groups is 3. The third-order valence-electron chi connectivity index (χ3n) is 6.75. The summed E-state index contributed by atoms with van der Waals surface area (Å²) in [6.07, 6.45) is 3.01. The Morgan fingerprint density at radius 2 is 1.74 bits per heavy atom. The first-order chi connectivity index (χ1) is 19.6. The van der Waals surface area contributed by atoms with Gasteiger partial charge >= 0.3 is 6.09 Å². The number of aromatic nitrogens is 5. The first-order valence-electron chi connectivity index (χ1n) is 13.7. The molecule has 0 aliphatic carbocycles. The van der Waals surface area contributed by atoms with Crippen molar-refractivity contribution >= 4 is 23.5 Å². The zero-order valence-electron chi connectivity index (χ0n) is 25.6. The number of ketones is 1. The number of nitrogens with one attached hydrogen (secondary N) is 2. The van der Waals surface area contributed by atoms with Gasteiger partial charge in [0.15, 0.2) is 0 Å². The molecule has 3 heterocycles. The molecule has 0 unspecified atom stereocenters. The largest absolute Gasteiger partial charge is 0.453 e. The maximum atomic E-state index is 13.5. The minimum absolute atomic E-state index is 0.154. The van der Waals surface area contributed by atoms with Crippen LogP contribution in [-0.4, -0.2) is 55.7 Å². The van der Waals surface area contributed by atoms with Gasteiger partial charge in [-0.05, 0) is 37.8 Å². The maximum absolute atomic E-state index is 13.5. The molecular formula is C29H39N7O6. The Hall–Kier alpha value is -4.42. The fourth-order valence-electron chi connectivity index (χ4n) is 4.20. The van der Waals surface area contributed by atoms with Crippen molar-refractivity contribution in [3.63, 3.8) is 0 Å². The van der Waals surface area contributed by atoms with Crippen molar-refractivity contribution in [2.75, 3.05) is 12.4 Å². The van der Waals surface area contributed by atoms with Crippen LogP contribution in [0.5, 0.6) is 0 Å². The van der Waals surface area contributed by atoms with Crippen LogP contribution in [0.3, 0.4) is 0 Å². The molecule has 0 spiro atoms. The number of hydrogen-bond donors (Lipinski definition) is 2. The van der Waals surface area contributed by atoms with Crippen molar-refractivity contribution in [1.29, 1.82) is 0 Å². The predicted octanol–water partition coefficient (Wildman–Crippen LogP) is 3.41. The van der Waals surface area contributed by atoms with E-state index in [0.717, 1.165) is 23.7 Å². The van der Waals surface area contributed by atoms with Crippen LogP contribution in [0.4, 0.5) is 10.5 Å². The van der Waals surface area contributed by atoms with Crippen LogP contribution < -0.4 is 16.2 Å². The standard InChI is InChI=1S/C29H39N7O6/c1-10-17-11-12-19(30-13-17)29(7,8)26-35-34-23(42-26)22(38)21(16(2)3)33-20(37)15-36-24(39)18(32-27(40)41-9)14-31-25(36)28(4,5)6/h11-14,16,21H,10,15H2,1-9H3,(H,32,40)(H,33,37)/t21-/m0/s1. The lowest BCUT2D eigenvalue weighted by Gasteiger charge is -2.24. The van der Waals surface area contributed by atoms with Gasteiger partial charge in [0.05, 0.1) is 30.5 Å². The van der Waals surface area contributed by atoms with Gasteiger partial charge in [0.1, 0.15) is 18.1 Å². The molecule has 2 N–H and O–H groups in total. The second kappa shape index (κ2) is 12.6. The normalized spacial score (nSPS) is 12.6. The minimum Gasteiger partial charge on any atom is -0.453 e. The average Bonchev–Trinajstić information content (AvgIpc) is 3.44. The number of methoxy groups -OCH3 is 1. The van der Waals surface area contributed by atoms with E-state index < -0.39 is 46.8 Å². The Morgan fingerprint density at radius 1 is 1.05 bits per heavy atom. The van der Waals surface area contributed by atoms with E-state index in [4.69, 9.17) is 4.42 Å². The van der Waals surface area contributed by atoms with E-state index in [9.17, 15) is 19.2 Å². The summed E-state index contributed by atoms with van der Waals surface area (Å²) in [6.45, 7) is 14.3. The molecule has 0 radical (unpaired) electrons. The highest BCUT2D eigenvalue weighted by atomic mass is 16.5. The highest BCUT2D eigenvalue weighted by Crippen LogP contribution is 2.29.